The maximum atomic E-state index is 13.2. The first kappa shape index (κ1) is 22.5. The van der Waals surface area contributed by atoms with Crippen LogP contribution in [-0.4, -0.2) is 73.7 Å². The summed E-state index contributed by atoms with van der Waals surface area (Å²) in [6, 6.07) is 0. The fourth-order valence-electron chi connectivity index (χ4n) is 4.47. The van der Waals surface area contributed by atoms with Gasteiger partial charge in [0, 0.05) is 25.4 Å². The Bertz CT molecular complexity index is 1030. The van der Waals surface area contributed by atoms with Crippen molar-refractivity contribution in [1.29, 1.82) is 0 Å². The van der Waals surface area contributed by atoms with Crippen molar-refractivity contribution in [3.05, 3.63) is 39.9 Å². The van der Waals surface area contributed by atoms with E-state index in [1.807, 2.05) is 13.8 Å². The van der Waals surface area contributed by atoms with Crippen LogP contribution in [0, 0.1) is 13.8 Å². The van der Waals surface area contributed by atoms with Crippen LogP contribution in [0.5, 0.6) is 0 Å². The number of carbonyl (C=O) groups is 3. The van der Waals surface area contributed by atoms with Gasteiger partial charge in [0.2, 0.25) is 5.78 Å². The largest absolute Gasteiger partial charge is 0.465 e. The smallest absolute Gasteiger partial charge is 0.340 e. The normalized spacial score (nSPS) is 28.2. The summed E-state index contributed by atoms with van der Waals surface area (Å²) in [6.07, 6.45) is -0.700. The summed E-state index contributed by atoms with van der Waals surface area (Å²) in [5.41, 5.74) is 0.894. The molecule has 2 aliphatic heterocycles. The number of methoxy groups -OCH3 is 2. The summed E-state index contributed by atoms with van der Waals surface area (Å²) < 4.78 is 27.8. The minimum absolute atomic E-state index is 0.00499. The van der Waals surface area contributed by atoms with Gasteiger partial charge in [-0.3, -0.25) is 14.6 Å². The number of carbonyl (C=O) groups excluding carboxylic acids is 3. The second-order valence-electron chi connectivity index (χ2n) is 8.37. The van der Waals surface area contributed by atoms with E-state index < -0.39 is 47.9 Å². The molecule has 0 saturated carbocycles. The molecule has 1 aromatic heterocycles. The number of nitrogens with zero attached hydrogens (tertiary/aromatic N) is 1. The first-order chi connectivity index (χ1) is 15.1. The number of fused-ring (bicyclic) bond motifs is 2. The van der Waals surface area contributed by atoms with Gasteiger partial charge in [0.05, 0.1) is 35.2 Å². The van der Waals surface area contributed by atoms with Crippen LogP contribution in [0.2, 0.25) is 0 Å². The van der Waals surface area contributed by atoms with E-state index in [1.165, 1.54) is 20.3 Å². The van der Waals surface area contributed by atoms with Crippen LogP contribution < -0.4 is 5.32 Å². The highest BCUT2D eigenvalue weighted by Crippen LogP contribution is 2.39. The number of ketones is 2. The number of pyridine rings is 1. The van der Waals surface area contributed by atoms with Crippen LogP contribution in [0.25, 0.3) is 0 Å². The number of ether oxygens (including phenoxy) is 5. The third-order valence-electron chi connectivity index (χ3n) is 5.78. The number of hydrogen-bond donors (Lipinski definition) is 1. The fraction of sp³-hybridized carbons (Fsp3) is 0.545. The van der Waals surface area contributed by atoms with Gasteiger partial charge in [0.15, 0.2) is 17.9 Å². The van der Waals surface area contributed by atoms with Crippen molar-refractivity contribution >= 4 is 17.5 Å². The van der Waals surface area contributed by atoms with Gasteiger partial charge in [0.25, 0.3) is 0 Å². The average molecular weight is 446 g/mol. The molecule has 2 saturated heterocycles. The van der Waals surface area contributed by atoms with Crippen LogP contribution >= 0.6 is 0 Å². The molecule has 3 heterocycles. The molecular formula is C22H26N2O8. The number of aryl methyl sites for hydroxylation is 2. The monoisotopic (exact) mass is 446 g/mol. The molecule has 172 valence electrons. The van der Waals surface area contributed by atoms with Crippen molar-refractivity contribution in [3.63, 3.8) is 0 Å². The zero-order valence-corrected chi connectivity index (χ0v) is 18.8. The lowest BCUT2D eigenvalue weighted by atomic mass is 9.87. The Labute approximate surface area is 185 Å². The van der Waals surface area contributed by atoms with E-state index in [2.05, 4.69) is 10.3 Å². The van der Waals surface area contributed by atoms with Gasteiger partial charge in [-0.05, 0) is 27.7 Å². The van der Waals surface area contributed by atoms with Crippen molar-refractivity contribution in [1.82, 2.24) is 10.3 Å². The van der Waals surface area contributed by atoms with Crippen molar-refractivity contribution in [2.75, 3.05) is 20.8 Å². The van der Waals surface area contributed by atoms with Crippen LogP contribution in [0.4, 0.5) is 0 Å². The molecule has 1 aliphatic carbocycles. The highest BCUT2D eigenvalue weighted by molar-refractivity contribution is 6.27. The zero-order chi connectivity index (χ0) is 23.4. The third kappa shape index (κ3) is 3.62. The number of hydrogen-bond acceptors (Lipinski definition) is 10. The molecule has 10 heteroatoms. The minimum atomic E-state index is -0.784. The molecule has 4 rings (SSSR count). The van der Waals surface area contributed by atoms with Crippen LogP contribution in [0.1, 0.15) is 56.3 Å². The number of Topliss-reactive ketones (excluding diaryl/α,β-unsaturated/α-hetero) is 1. The molecule has 4 atom stereocenters. The summed E-state index contributed by atoms with van der Waals surface area (Å²) in [6.45, 7) is 7.02. The molecule has 0 aromatic carbocycles. The molecule has 2 fully saturated rings. The molecule has 0 radical (unpaired) electrons. The molecule has 1 N–H and O–H groups in total. The van der Waals surface area contributed by atoms with E-state index in [1.54, 1.807) is 13.8 Å². The van der Waals surface area contributed by atoms with Gasteiger partial charge >= 0.3 is 5.97 Å². The second-order valence-corrected chi connectivity index (χ2v) is 8.37. The lowest BCUT2D eigenvalue weighted by Crippen LogP contribution is -2.39. The van der Waals surface area contributed by atoms with E-state index in [0.717, 1.165) is 0 Å². The van der Waals surface area contributed by atoms with E-state index in [9.17, 15) is 14.4 Å². The molecule has 1 aromatic rings. The highest BCUT2D eigenvalue weighted by atomic mass is 16.8. The quantitative estimate of drug-likeness (QED) is 0.661. The zero-order valence-electron chi connectivity index (χ0n) is 18.8. The number of nitrogens with one attached hydrogen (secondary N) is 1. The lowest BCUT2D eigenvalue weighted by Gasteiger charge is -2.25. The van der Waals surface area contributed by atoms with Gasteiger partial charge in [-0.25, -0.2) is 4.79 Å². The Balaban J connectivity index is 1.58. The van der Waals surface area contributed by atoms with Gasteiger partial charge in [-0.2, -0.15) is 0 Å². The van der Waals surface area contributed by atoms with Gasteiger partial charge in [-0.15, -0.1) is 0 Å². The van der Waals surface area contributed by atoms with E-state index in [-0.39, 0.29) is 28.9 Å². The Morgan fingerprint density at radius 2 is 1.81 bits per heavy atom. The Kier molecular flexibility index (Phi) is 5.66. The summed E-state index contributed by atoms with van der Waals surface area (Å²) in [5.74, 6) is -2.41. The first-order valence-electron chi connectivity index (χ1n) is 10.3. The van der Waals surface area contributed by atoms with Crippen LogP contribution in [0.15, 0.2) is 11.8 Å². The SMILES string of the molecule is COC(=O)c1c(C)nc(C)c2c1C(=O)C=C(NC[C@H]1O[C@@H](OC)[C@@H]3OC(C)(C)O[C@@H]31)C2=O. The molecule has 10 nitrogen and oxygen atoms in total. The second kappa shape index (κ2) is 8.04. The van der Waals surface area contributed by atoms with Gasteiger partial charge in [-0.1, -0.05) is 0 Å². The maximum Gasteiger partial charge on any atom is 0.340 e. The molecular weight excluding hydrogens is 420 g/mol. The van der Waals surface area contributed by atoms with E-state index >= 15 is 0 Å². The summed E-state index contributed by atoms with van der Waals surface area (Å²) in [5, 5.41) is 3.00. The Hall–Kier alpha value is -2.66. The Morgan fingerprint density at radius 1 is 1.12 bits per heavy atom. The summed E-state index contributed by atoms with van der Waals surface area (Å²) in [4.78, 5) is 42.7. The number of esters is 1. The van der Waals surface area contributed by atoms with Crippen molar-refractivity contribution in [2.24, 2.45) is 0 Å². The van der Waals surface area contributed by atoms with Crippen molar-refractivity contribution in [3.8, 4) is 0 Å². The molecule has 0 bridgehead atoms. The van der Waals surface area contributed by atoms with E-state index in [0.29, 0.717) is 11.4 Å². The minimum Gasteiger partial charge on any atom is -0.465 e. The standard InChI is InChI=1S/C22H26N2O8/c1-9-14-16(15(10(2)24-9)20(27)28-5)12(25)7-11(17(14)26)23-8-13-18-19(21(29-6)30-13)32-22(3,4)31-18/h7,13,18-19,21,23H,8H2,1-6H3/t13-,18-,19-,21-/m1/s1. The van der Waals surface area contributed by atoms with Crippen LogP contribution in [-0.2, 0) is 23.7 Å². The highest BCUT2D eigenvalue weighted by Gasteiger charge is 2.55. The molecule has 0 amide bonds. The molecule has 0 spiro atoms. The first-order valence-corrected chi connectivity index (χ1v) is 10.3. The van der Waals surface area contributed by atoms with Gasteiger partial charge in [0.1, 0.15) is 18.3 Å². The maximum absolute atomic E-state index is 13.2. The van der Waals surface area contributed by atoms with Crippen molar-refractivity contribution < 1.29 is 38.1 Å². The number of aromatic nitrogens is 1. The Morgan fingerprint density at radius 3 is 2.47 bits per heavy atom. The van der Waals surface area contributed by atoms with Crippen LogP contribution in [0.3, 0.4) is 0 Å². The molecule has 32 heavy (non-hydrogen) atoms. The third-order valence-corrected chi connectivity index (χ3v) is 5.78. The predicted molar refractivity (Wildman–Crippen MR) is 109 cm³/mol. The van der Waals surface area contributed by atoms with Gasteiger partial charge < -0.3 is 29.0 Å². The molecule has 3 aliphatic rings. The van der Waals surface area contributed by atoms with Crippen molar-refractivity contribution in [2.45, 2.75) is 58.1 Å². The van der Waals surface area contributed by atoms with E-state index in [4.69, 9.17) is 23.7 Å². The fourth-order valence-corrected chi connectivity index (χ4v) is 4.47. The molecule has 0 unspecified atom stereocenters. The topological polar surface area (TPSA) is 122 Å². The average Bonchev–Trinajstić information content (AvgIpc) is 3.21. The number of allylic oxidation sites excluding steroid dienone is 2. The summed E-state index contributed by atoms with van der Waals surface area (Å²) >= 11 is 0. The predicted octanol–water partition coefficient (Wildman–Crippen LogP) is 1.23. The number of rotatable bonds is 5. The lowest BCUT2D eigenvalue weighted by molar-refractivity contribution is -0.226. The summed E-state index contributed by atoms with van der Waals surface area (Å²) in [7, 11) is 2.73.